The van der Waals surface area contributed by atoms with Gasteiger partial charge in [-0.15, -0.1) is 0 Å². The van der Waals surface area contributed by atoms with Crippen LogP contribution in [0.1, 0.15) is 29.6 Å². The summed E-state index contributed by atoms with van der Waals surface area (Å²) < 4.78 is 0.595. The van der Waals surface area contributed by atoms with Crippen LogP contribution in [0.15, 0.2) is 35.5 Å². The predicted molar refractivity (Wildman–Crippen MR) is 67.3 cm³/mol. The Morgan fingerprint density at radius 1 is 1.44 bits per heavy atom. The number of hydrogen-bond donors (Lipinski definition) is 1. The molecule has 1 aromatic rings. The largest absolute Gasteiger partial charge is 0.623 e. The van der Waals surface area contributed by atoms with E-state index in [0.717, 1.165) is 12.6 Å². The SMILES string of the molecule is O=C(/C=[N+](\[O-])[C@@H]1CCC/C1=N/O)c1ccccc1. The predicted octanol–water partition coefficient (Wildman–Crippen LogP) is 1.83. The van der Waals surface area contributed by atoms with Crippen molar-refractivity contribution >= 4 is 17.7 Å². The van der Waals surface area contributed by atoms with Gasteiger partial charge in [0.1, 0.15) is 5.71 Å². The molecule has 0 aromatic heterocycles. The lowest BCUT2D eigenvalue weighted by Crippen LogP contribution is -2.28. The first-order valence-electron chi connectivity index (χ1n) is 5.83. The Bertz CT molecular complexity index is 494. The Hall–Kier alpha value is -2.17. The number of ketones is 1. The van der Waals surface area contributed by atoms with Crippen molar-refractivity contribution in [3.63, 3.8) is 0 Å². The number of rotatable bonds is 3. The molecule has 1 atom stereocenters. The minimum Gasteiger partial charge on any atom is -0.623 e. The van der Waals surface area contributed by atoms with E-state index >= 15 is 0 Å². The van der Waals surface area contributed by atoms with Gasteiger partial charge in [0.2, 0.25) is 18.0 Å². The van der Waals surface area contributed by atoms with Crippen LogP contribution in [-0.2, 0) is 0 Å². The molecule has 0 unspecified atom stereocenters. The molecule has 0 radical (unpaired) electrons. The van der Waals surface area contributed by atoms with E-state index in [-0.39, 0.29) is 5.78 Å². The average Bonchev–Trinajstić information content (AvgIpc) is 2.88. The van der Waals surface area contributed by atoms with Crippen molar-refractivity contribution in [2.75, 3.05) is 0 Å². The molecule has 5 heteroatoms. The second kappa shape index (κ2) is 5.44. The summed E-state index contributed by atoms with van der Waals surface area (Å²) in [6.07, 6.45) is 3.04. The summed E-state index contributed by atoms with van der Waals surface area (Å²) >= 11 is 0. The number of carbonyl (C=O) groups is 1. The molecule has 0 amide bonds. The second-order valence-electron chi connectivity index (χ2n) is 4.22. The van der Waals surface area contributed by atoms with Gasteiger partial charge in [0, 0.05) is 12.0 Å². The van der Waals surface area contributed by atoms with Crippen molar-refractivity contribution in [2.24, 2.45) is 5.16 Å². The smallest absolute Gasteiger partial charge is 0.249 e. The molecular formula is C13H14N2O3. The van der Waals surface area contributed by atoms with Gasteiger partial charge >= 0.3 is 0 Å². The van der Waals surface area contributed by atoms with Crippen molar-refractivity contribution in [2.45, 2.75) is 25.3 Å². The van der Waals surface area contributed by atoms with E-state index < -0.39 is 6.04 Å². The van der Waals surface area contributed by atoms with E-state index in [1.807, 2.05) is 0 Å². The fraction of sp³-hybridized carbons (Fsp3) is 0.308. The number of oxime groups is 1. The van der Waals surface area contributed by atoms with Crippen LogP contribution in [0.5, 0.6) is 0 Å². The van der Waals surface area contributed by atoms with Crippen molar-refractivity contribution < 1.29 is 14.7 Å². The van der Waals surface area contributed by atoms with Crippen LogP contribution in [0.3, 0.4) is 0 Å². The fourth-order valence-corrected chi connectivity index (χ4v) is 2.08. The average molecular weight is 246 g/mol. The molecule has 5 nitrogen and oxygen atoms in total. The zero-order valence-electron chi connectivity index (χ0n) is 9.82. The third-order valence-electron chi connectivity index (χ3n) is 3.03. The van der Waals surface area contributed by atoms with Gasteiger partial charge in [0.05, 0.1) is 0 Å². The molecular weight excluding hydrogens is 232 g/mol. The van der Waals surface area contributed by atoms with Gasteiger partial charge in [-0.1, -0.05) is 35.5 Å². The van der Waals surface area contributed by atoms with E-state index in [2.05, 4.69) is 5.16 Å². The lowest BCUT2D eigenvalue weighted by Gasteiger charge is -2.10. The minimum absolute atomic E-state index is 0.338. The van der Waals surface area contributed by atoms with Gasteiger partial charge in [0.15, 0.2) is 0 Å². The highest BCUT2D eigenvalue weighted by molar-refractivity contribution is 6.33. The number of hydroxylamine groups is 1. The molecule has 1 fully saturated rings. The number of nitrogens with zero attached hydrogens (tertiary/aromatic N) is 2. The van der Waals surface area contributed by atoms with Gasteiger partial charge in [-0.3, -0.25) is 4.79 Å². The van der Waals surface area contributed by atoms with Gasteiger partial charge in [-0.05, 0) is 12.8 Å². The minimum atomic E-state index is -0.511. The molecule has 1 N–H and O–H groups in total. The Morgan fingerprint density at radius 3 is 2.83 bits per heavy atom. The van der Waals surface area contributed by atoms with E-state index in [4.69, 9.17) is 5.21 Å². The molecule has 0 spiro atoms. The maximum Gasteiger partial charge on any atom is 0.249 e. The highest BCUT2D eigenvalue weighted by Gasteiger charge is 2.30. The summed E-state index contributed by atoms with van der Waals surface area (Å²) in [5.41, 5.74) is 0.918. The van der Waals surface area contributed by atoms with Crippen molar-refractivity contribution in [1.29, 1.82) is 0 Å². The Morgan fingerprint density at radius 2 is 2.17 bits per heavy atom. The number of carbonyl (C=O) groups excluding carboxylic acids is 1. The zero-order chi connectivity index (χ0) is 13.0. The highest BCUT2D eigenvalue weighted by Crippen LogP contribution is 2.18. The van der Waals surface area contributed by atoms with Gasteiger partial charge in [-0.2, -0.15) is 4.74 Å². The lowest BCUT2D eigenvalue weighted by atomic mass is 10.1. The lowest BCUT2D eigenvalue weighted by molar-refractivity contribution is -0.474. The first-order valence-corrected chi connectivity index (χ1v) is 5.83. The summed E-state index contributed by atoms with van der Waals surface area (Å²) in [6.45, 7) is 0. The normalized spacial score (nSPS) is 22.3. The van der Waals surface area contributed by atoms with Crippen LogP contribution in [0.25, 0.3) is 0 Å². The monoisotopic (exact) mass is 246 g/mol. The number of hydrogen-bond acceptors (Lipinski definition) is 4. The summed E-state index contributed by atoms with van der Waals surface area (Å²) in [5, 5.41) is 23.7. The van der Waals surface area contributed by atoms with E-state index in [0.29, 0.717) is 28.9 Å². The van der Waals surface area contributed by atoms with E-state index in [1.165, 1.54) is 0 Å². The topological polar surface area (TPSA) is 75.7 Å². The molecule has 0 aliphatic heterocycles. The molecule has 0 saturated heterocycles. The first kappa shape index (κ1) is 12.3. The van der Waals surface area contributed by atoms with Crippen molar-refractivity contribution in [1.82, 2.24) is 0 Å². The maximum absolute atomic E-state index is 11.8. The number of Topliss-reactive ketones (excluding diaryl/α,β-unsaturated/α-hetero) is 1. The highest BCUT2D eigenvalue weighted by atomic mass is 16.5. The second-order valence-corrected chi connectivity index (χ2v) is 4.22. The standard InChI is InChI=1S/C13H14N2O3/c16-13(10-5-2-1-3-6-10)9-15(18)12-8-4-7-11(12)14-17/h1-3,5-6,9,12,17H,4,7-8H2/b14-11-,15-9-/t12-/m1/s1. The van der Waals surface area contributed by atoms with Gasteiger partial charge in [0.25, 0.3) is 0 Å². The molecule has 18 heavy (non-hydrogen) atoms. The first-order chi connectivity index (χ1) is 8.72. The van der Waals surface area contributed by atoms with Crippen LogP contribution in [0.2, 0.25) is 0 Å². The Labute approximate surface area is 105 Å². The molecule has 1 saturated carbocycles. The summed E-state index contributed by atoms with van der Waals surface area (Å²) in [6, 6.07) is 8.09. The van der Waals surface area contributed by atoms with Crippen LogP contribution in [0, 0.1) is 5.21 Å². The third kappa shape index (κ3) is 2.56. The summed E-state index contributed by atoms with van der Waals surface area (Å²) in [4.78, 5) is 11.8. The van der Waals surface area contributed by atoms with Gasteiger partial charge < -0.3 is 10.4 Å². The Balaban J connectivity index is 2.16. The van der Waals surface area contributed by atoms with Crippen molar-refractivity contribution in [3.05, 3.63) is 41.1 Å². The third-order valence-corrected chi connectivity index (χ3v) is 3.03. The summed E-state index contributed by atoms with van der Waals surface area (Å²) in [7, 11) is 0. The molecule has 1 aliphatic carbocycles. The van der Waals surface area contributed by atoms with Crippen LogP contribution < -0.4 is 0 Å². The van der Waals surface area contributed by atoms with Crippen LogP contribution >= 0.6 is 0 Å². The van der Waals surface area contributed by atoms with E-state index in [9.17, 15) is 10.0 Å². The summed E-state index contributed by atoms with van der Waals surface area (Å²) in [5.74, 6) is -0.338. The zero-order valence-corrected chi connectivity index (χ0v) is 9.82. The molecule has 2 rings (SSSR count). The molecule has 1 aromatic carbocycles. The fourth-order valence-electron chi connectivity index (χ4n) is 2.08. The molecule has 1 aliphatic rings. The molecule has 0 bridgehead atoms. The molecule has 0 heterocycles. The Kier molecular flexibility index (Phi) is 3.72. The maximum atomic E-state index is 11.8. The van der Waals surface area contributed by atoms with Crippen LogP contribution in [0.4, 0.5) is 0 Å². The van der Waals surface area contributed by atoms with E-state index in [1.54, 1.807) is 30.3 Å². The van der Waals surface area contributed by atoms with Gasteiger partial charge in [-0.25, -0.2) is 0 Å². The van der Waals surface area contributed by atoms with Crippen LogP contribution in [-0.4, -0.2) is 33.7 Å². The quantitative estimate of drug-likeness (QED) is 0.221. The van der Waals surface area contributed by atoms with Crippen molar-refractivity contribution in [3.8, 4) is 0 Å². The molecule has 94 valence electrons. The number of benzene rings is 1.